The Bertz CT molecular complexity index is 1110. The molecule has 0 spiro atoms. The average molecular weight is 410 g/mol. The molecule has 1 aliphatic heterocycles. The molecule has 0 radical (unpaired) electrons. The van der Waals surface area contributed by atoms with Crippen LogP contribution in [0, 0.1) is 0 Å². The Hall–Kier alpha value is -3.58. The summed E-state index contributed by atoms with van der Waals surface area (Å²) in [5, 5.41) is 1.27. The van der Waals surface area contributed by atoms with Crippen LogP contribution in [0.15, 0.2) is 66.6 Å². The molecule has 0 bridgehead atoms. The highest BCUT2D eigenvalue weighted by molar-refractivity contribution is 6.30. The Morgan fingerprint density at radius 3 is 2.48 bits per heavy atom. The lowest BCUT2D eigenvalue weighted by molar-refractivity contribution is -0.123. The van der Waals surface area contributed by atoms with E-state index in [0.29, 0.717) is 33.8 Å². The number of fused-ring (bicyclic) bond motifs is 1. The van der Waals surface area contributed by atoms with Gasteiger partial charge in [0, 0.05) is 16.0 Å². The number of nitrogens with one attached hydrogen (secondary N) is 2. The third kappa shape index (κ3) is 4.14. The Balaban J connectivity index is 1.63. The van der Waals surface area contributed by atoms with E-state index in [1.165, 1.54) is 6.26 Å². The molecule has 2 heterocycles. The first kappa shape index (κ1) is 18.8. The Morgan fingerprint density at radius 1 is 0.966 bits per heavy atom. The molecule has 0 unspecified atom stereocenters. The molecule has 1 aromatic heterocycles. The van der Waals surface area contributed by atoms with Gasteiger partial charge in [-0.05, 0) is 24.3 Å². The highest BCUT2D eigenvalue weighted by Gasteiger charge is 2.18. The zero-order valence-electron chi connectivity index (χ0n) is 15.1. The standard InChI is InChI=1S/C21H16ClN3O4/c22-14-7-5-13(6-8-14)18-11-16(15-3-1-2-4-17(15)23-18)20(26)24-25-21(27)19-12-28-9-10-29-19/h1-8,11-12H,9-10H2,(H,24,26)(H,25,27). The molecule has 0 saturated heterocycles. The fraction of sp³-hybridized carbons (Fsp3) is 0.0952. The van der Waals surface area contributed by atoms with Crippen LogP contribution in [-0.4, -0.2) is 30.0 Å². The summed E-state index contributed by atoms with van der Waals surface area (Å²) in [5.74, 6) is -1.09. The summed E-state index contributed by atoms with van der Waals surface area (Å²) in [6, 6.07) is 16.1. The molecule has 1 aliphatic rings. The van der Waals surface area contributed by atoms with Gasteiger partial charge in [0.1, 0.15) is 19.5 Å². The SMILES string of the molecule is O=C(NNC(=O)c1cc(-c2ccc(Cl)cc2)nc2ccccc12)C1=COCCO1. The van der Waals surface area contributed by atoms with Gasteiger partial charge < -0.3 is 9.47 Å². The lowest BCUT2D eigenvalue weighted by Gasteiger charge is -2.15. The zero-order valence-corrected chi connectivity index (χ0v) is 15.9. The first-order chi connectivity index (χ1) is 14.1. The Morgan fingerprint density at radius 2 is 1.72 bits per heavy atom. The van der Waals surface area contributed by atoms with Crippen LogP contribution in [0.5, 0.6) is 0 Å². The van der Waals surface area contributed by atoms with Gasteiger partial charge >= 0.3 is 5.91 Å². The maximum Gasteiger partial charge on any atom is 0.308 e. The molecule has 2 aromatic carbocycles. The van der Waals surface area contributed by atoms with Gasteiger partial charge in [-0.1, -0.05) is 41.9 Å². The number of pyridine rings is 1. The van der Waals surface area contributed by atoms with Gasteiger partial charge in [0.25, 0.3) is 5.91 Å². The monoisotopic (exact) mass is 409 g/mol. The molecule has 0 aliphatic carbocycles. The van der Waals surface area contributed by atoms with Crippen LogP contribution in [0.25, 0.3) is 22.2 Å². The van der Waals surface area contributed by atoms with Crippen LogP contribution < -0.4 is 10.9 Å². The number of nitrogens with zero attached hydrogens (tertiary/aromatic N) is 1. The summed E-state index contributed by atoms with van der Waals surface area (Å²) < 4.78 is 10.2. The molecule has 0 saturated carbocycles. The quantitative estimate of drug-likeness (QED) is 0.648. The predicted octanol–water partition coefficient (Wildman–Crippen LogP) is 3.20. The number of rotatable bonds is 3. The summed E-state index contributed by atoms with van der Waals surface area (Å²) >= 11 is 5.96. The molecule has 8 heteroatoms. The molecule has 4 rings (SSSR count). The van der Waals surface area contributed by atoms with Gasteiger partial charge in [0.05, 0.1) is 16.8 Å². The molecule has 2 N–H and O–H groups in total. The highest BCUT2D eigenvalue weighted by Crippen LogP contribution is 2.25. The van der Waals surface area contributed by atoms with Gasteiger partial charge in [0.2, 0.25) is 5.76 Å². The van der Waals surface area contributed by atoms with Crippen molar-refractivity contribution in [1.82, 2.24) is 15.8 Å². The molecule has 0 atom stereocenters. The Labute approximate surface area is 171 Å². The van der Waals surface area contributed by atoms with Crippen molar-refractivity contribution in [2.75, 3.05) is 13.2 Å². The fourth-order valence-corrected chi connectivity index (χ4v) is 2.99. The fourth-order valence-electron chi connectivity index (χ4n) is 2.86. The lowest BCUT2D eigenvalue weighted by Crippen LogP contribution is -2.43. The summed E-state index contributed by atoms with van der Waals surface area (Å²) in [4.78, 5) is 29.5. The molecular formula is C21H16ClN3O4. The topological polar surface area (TPSA) is 89.6 Å². The number of para-hydroxylation sites is 1. The normalized spacial score (nSPS) is 13.1. The smallest absolute Gasteiger partial charge is 0.308 e. The summed E-state index contributed by atoms with van der Waals surface area (Å²) in [6.07, 6.45) is 1.21. The van der Waals surface area contributed by atoms with E-state index in [1.54, 1.807) is 24.3 Å². The minimum Gasteiger partial charge on any atom is -0.494 e. The second-order valence-electron chi connectivity index (χ2n) is 6.19. The van der Waals surface area contributed by atoms with Gasteiger partial charge in [-0.2, -0.15) is 0 Å². The number of hydrogen-bond acceptors (Lipinski definition) is 5. The number of amides is 2. The third-order valence-electron chi connectivity index (χ3n) is 4.26. The van der Waals surface area contributed by atoms with Crippen molar-refractivity contribution in [2.24, 2.45) is 0 Å². The van der Waals surface area contributed by atoms with Gasteiger partial charge in [0.15, 0.2) is 0 Å². The van der Waals surface area contributed by atoms with Crippen LogP contribution in [0.1, 0.15) is 10.4 Å². The van der Waals surface area contributed by atoms with E-state index in [9.17, 15) is 9.59 Å². The zero-order chi connectivity index (χ0) is 20.2. The molecule has 3 aromatic rings. The van der Waals surface area contributed by atoms with Crippen molar-refractivity contribution in [3.8, 4) is 11.3 Å². The minimum atomic E-state index is -0.602. The minimum absolute atomic E-state index is 0.00186. The number of hydrazine groups is 1. The van der Waals surface area contributed by atoms with E-state index >= 15 is 0 Å². The van der Waals surface area contributed by atoms with Crippen LogP contribution in [-0.2, 0) is 14.3 Å². The van der Waals surface area contributed by atoms with Crippen LogP contribution in [0.3, 0.4) is 0 Å². The van der Waals surface area contributed by atoms with E-state index in [0.717, 1.165) is 5.56 Å². The van der Waals surface area contributed by atoms with Crippen molar-refractivity contribution < 1.29 is 19.1 Å². The summed E-state index contributed by atoms with van der Waals surface area (Å²) in [7, 11) is 0. The molecule has 29 heavy (non-hydrogen) atoms. The van der Waals surface area contributed by atoms with Gasteiger partial charge in [-0.15, -0.1) is 0 Å². The number of carbonyl (C=O) groups is 2. The maximum atomic E-state index is 12.8. The number of carbonyl (C=O) groups excluding carboxylic acids is 2. The molecular weight excluding hydrogens is 394 g/mol. The maximum absolute atomic E-state index is 12.8. The first-order valence-corrected chi connectivity index (χ1v) is 9.20. The molecule has 7 nitrogen and oxygen atoms in total. The van der Waals surface area contributed by atoms with Crippen molar-refractivity contribution in [1.29, 1.82) is 0 Å². The highest BCUT2D eigenvalue weighted by atomic mass is 35.5. The van der Waals surface area contributed by atoms with E-state index in [2.05, 4.69) is 15.8 Å². The first-order valence-electron chi connectivity index (χ1n) is 8.83. The van der Waals surface area contributed by atoms with Crippen LogP contribution in [0.2, 0.25) is 5.02 Å². The number of aromatic nitrogens is 1. The number of ether oxygens (including phenoxy) is 2. The van der Waals surface area contributed by atoms with Gasteiger partial charge in [-0.3, -0.25) is 20.4 Å². The van der Waals surface area contributed by atoms with Crippen molar-refractivity contribution in [2.45, 2.75) is 0 Å². The molecule has 0 fully saturated rings. The van der Waals surface area contributed by atoms with E-state index in [1.807, 2.05) is 30.3 Å². The second kappa shape index (κ2) is 8.20. The number of halogens is 1. The van der Waals surface area contributed by atoms with Crippen LogP contribution >= 0.6 is 11.6 Å². The summed E-state index contributed by atoms with van der Waals surface area (Å²) in [5.41, 5.74) is 7.20. The largest absolute Gasteiger partial charge is 0.494 e. The molecule has 2 amide bonds. The van der Waals surface area contributed by atoms with E-state index in [-0.39, 0.29) is 12.4 Å². The number of benzene rings is 2. The molecule has 146 valence electrons. The second-order valence-corrected chi connectivity index (χ2v) is 6.63. The van der Waals surface area contributed by atoms with Crippen molar-refractivity contribution in [3.05, 3.63) is 77.2 Å². The van der Waals surface area contributed by atoms with Crippen molar-refractivity contribution in [3.63, 3.8) is 0 Å². The number of hydrogen-bond donors (Lipinski definition) is 2. The van der Waals surface area contributed by atoms with Crippen molar-refractivity contribution >= 4 is 34.3 Å². The Kier molecular flexibility index (Phi) is 5.31. The predicted molar refractivity (Wildman–Crippen MR) is 108 cm³/mol. The van der Waals surface area contributed by atoms with E-state index in [4.69, 9.17) is 21.1 Å². The van der Waals surface area contributed by atoms with Gasteiger partial charge in [-0.25, -0.2) is 4.98 Å². The summed E-state index contributed by atoms with van der Waals surface area (Å²) in [6.45, 7) is 0.645. The van der Waals surface area contributed by atoms with E-state index < -0.39 is 11.8 Å². The lowest BCUT2D eigenvalue weighted by atomic mass is 10.0. The average Bonchev–Trinajstić information content (AvgIpc) is 2.77. The third-order valence-corrected chi connectivity index (χ3v) is 4.52. The van der Waals surface area contributed by atoms with Crippen LogP contribution in [0.4, 0.5) is 0 Å².